The second-order valence-electron chi connectivity index (χ2n) is 4.42. The molecule has 1 aromatic carbocycles. The van der Waals surface area contributed by atoms with Crippen molar-refractivity contribution in [2.75, 3.05) is 6.61 Å². The molecule has 5 nitrogen and oxygen atoms in total. The van der Waals surface area contributed by atoms with Crippen LogP contribution in [0.5, 0.6) is 0 Å². The average Bonchev–Trinajstić information content (AvgIpc) is 2.97. The van der Waals surface area contributed by atoms with Crippen molar-refractivity contribution in [3.63, 3.8) is 0 Å². The van der Waals surface area contributed by atoms with Crippen molar-refractivity contribution in [1.82, 2.24) is 10.9 Å². The lowest BCUT2D eigenvalue weighted by Gasteiger charge is -2.07. The van der Waals surface area contributed by atoms with Gasteiger partial charge in [0.05, 0.1) is 17.2 Å². The molecule has 0 amide bonds. The number of hydrogen-bond donors (Lipinski definition) is 2. The molecule has 0 spiro atoms. The van der Waals surface area contributed by atoms with Crippen LogP contribution in [0.3, 0.4) is 0 Å². The van der Waals surface area contributed by atoms with Gasteiger partial charge < -0.3 is 0 Å². The van der Waals surface area contributed by atoms with Crippen molar-refractivity contribution in [2.45, 2.75) is 30.8 Å². The summed E-state index contributed by atoms with van der Waals surface area (Å²) in [6.45, 7) is 4.00. The van der Waals surface area contributed by atoms with Crippen LogP contribution in [0.4, 0.5) is 0 Å². The van der Waals surface area contributed by atoms with Gasteiger partial charge in [-0.05, 0) is 26.0 Å². The SMILES string of the molecule is Cc1ccc(S(=O)(=O)OCCC2(C)NN2)cc1. The van der Waals surface area contributed by atoms with E-state index >= 15 is 0 Å². The molecular formula is C11H16N2O3S. The van der Waals surface area contributed by atoms with Gasteiger partial charge in [0.25, 0.3) is 10.1 Å². The Balaban J connectivity index is 1.96. The first-order valence-corrected chi connectivity index (χ1v) is 6.83. The molecule has 1 aromatic rings. The largest absolute Gasteiger partial charge is 0.296 e. The van der Waals surface area contributed by atoms with E-state index in [1.54, 1.807) is 24.3 Å². The van der Waals surface area contributed by atoms with Crippen LogP contribution in [0.2, 0.25) is 0 Å². The maximum absolute atomic E-state index is 11.8. The van der Waals surface area contributed by atoms with Gasteiger partial charge in [-0.15, -0.1) is 0 Å². The summed E-state index contributed by atoms with van der Waals surface area (Å²) in [6.07, 6.45) is 0.595. The van der Waals surface area contributed by atoms with E-state index < -0.39 is 10.1 Å². The molecule has 1 heterocycles. The fraction of sp³-hybridized carbons (Fsp3) is 0.455. The monoisotopic (exact) mass is 256 g/mol. The predicted octanol–water partition coefficient (Wildman–Crippen LogP) is 0.914. The minimum absolute atomic E-state index is 0.159. The lowest BCUT2D eigenvalue weighted by molar-refractivity contribution is 0.295. The van der Waals surface area contributed by atoms with Crippen LogP contribution >= 0.6 is 0 Å². The van der Waals surface area contributed by atoms with Crippen molar-refractivity contribution < 1.29 is 12.6 Å². The van der Waals surface area contributed by atoms with E-state index in [0.29, 0.717) is 6.42 Å². The molecule has 0 bridgehead atoms. The van der Waals surface area contributed by atoms with E-state index in [1.165, 1.54) is 0 Å². The first-order chi connectivity index (χ1) is 7.91. The zero-order valence-electron chi connectivity index (χ0n) is 9.86. The second kappa shape index (κ2) is 4.38. The third-order valence-electron chi connectivity index (χ3n) is 2.70. The van der Waals surface area contributed by atoms with Gasteiger partial charge >= 0.3 is 0 Å². The molecule has 1 fully saturated rings. The van der Waals surface area contributed by atoms with Gasteiger partial charge in [0.15, 0.2) is 0 Å². The smallest absolute Gasteiger partial charge is 0.266 e. The van der Waals surface area contributed by atoms with Crippen LogP contribution in [0.25, 0.3) is 0 Å². The first-order valence-electron chi connectivity index (χ1n) is 5.42. The molecule has 0 saturated carbocycles. The lowest BCUT2D eigenvalue weighted by Crippen LogP contribution is -2.17. The summed E-state index contributed by atoms with van der Waals surface area (Å²) >= 11 is 0. The highest BCUT2D eigenvalue weighted by molar-refractivity contribution is 7.86. The zero-order valence-corrected chi connectivity index (χ0v) is 10.7. The van der Waals surface area contributed by atoms with E-state index in [9.17, 15) is 8.42 Å². The Morgan fingerprint density at radius 1 is 1.24 bits per heavy atom. The van der Waals surface area contributed by atoms with Crippen LogP contribution in [0.15, 0.2) is 29.2 Å². The number of nitrogens with one attached hydrogen (secondary N) is 2. The highest BCUT2D eigenvalue weighted by Crippen LogP contribution is 2.17. The number of aryl methyl sites for hydroxylation is 1. The quantitative estimate of drug-likeness (QED) is 0.604. The molecule has 2 N–H and O–H groups in total. The number of hydrazine groups is 1. The molecule has 1 aliphatic rings. The topological polar surface area (TPSA) is 87.2 Å². The van der Waals surface area contributed by atoms with Crippen LogP contribution in [-0.2, 0) is 14.3 Å². The molecule has 17 heavy (non-hydrogen) atoms. The van der Waals surface area contributed by atoms with Crippen molar-refractivity contribution in [3.05, 3.63) is 29.8 Å². The molecular weight excluding hydrogens is 240 g/mol. The highest BCUT2D eigenvalue weighted by Gasteiger charge is 2.35. The van der Waals surface area contributed by atoms with E-state index in [-0.39, 0.29) is 17.2 Å². The molecule has 2 rings (SSSR count). The van der Waals surface area contributed by atoms with Gasteiger partial charge in [-0.3, -0.25) is 4.18 Å². The summed E-state index contributed by atoms with van der Waals surface area (Å²) in [5.74, 6) is 0. The summed E-state index contributed by atoms with van der Waals surface area (Å²) in [4.78, 5) is 0.199. The Kier molecular flexibility index (Phi) is 3.22. The van der Waals surface area contributed by atoms with Crippen LogP contribution in [0.1, 0.15) is 18.9 Å². The summed E-state index contributed by atoms with van der Waals surface area (Å²) in [6, 6.07) is 6.61. The van der Waals surface area contributed by atoms with Crippen molar-refractivity contribution in [1.29, 1.82) is 0 Å². The van der Waals surface area contributed by atoms with Gasteiger partial charge in [0.2, 0.25) is 0 Å². The summed E-state index contributed by atoms with van der Waals surface area (Å²) in [5, 5.41) is 0. The fourth-order valence-electron chi connectivity index (χ4n) is 1.36. The molecule has 0 aromatic heterocycles. The third kappa shape index (κ3) is 3.26. The number of hydrogen-bond acceptors (Lipinski definition) is 5. The molecule has 0 aliphatic carbocycles. The van der Waals surface area contributed by atoms with Gasteiger partial charge in [-0.25, -0.2) is 10.9 Å². The summed E-state index contributed by atoms with van der Waals surface area (Å²) in [7, 11) is -3.63. The Morgan fingerprint density at radius 2 is 1.82 bits per heavy atom. The van der Waals surface area contributed by atoms with Crippen molar-refractivity contribution >= 4 is 10.1 Å². The number of benzene rings is 1. The van der Waals surface area contributed by atoms with E-state index in [2.05, 4.69) is 10.9 Å². The molecule has 94 valence electrons. The van der Waals surface area contributed by atoms with Gasteiger partial charge in [0, 0.05) is 6.42 Å². The minimum Gasteiger partial charge on any atom is -0.266 e. The maximum Gasteiger partial charge on any atom is 0.296 e. The standard InChI is InChI=1S/C11H16N2O3S/c1-9-3-5-10(6-4-9)17(14,15)16-8-7-11(2)12-13-11/h3-6,12-13H,7-8H2,1-2H3. The normalized spacial score (nSPS) is 18.0. The Morgan fingerprint density at radius 3 is 2.35 bits per heavy atom. The van der Waals surface area contributed by atoms with E-state index in [4.69, 9.17) is 4.18 Å². The molecule has 6 heteroatoms. The third-order valence-corrected chi connectivity index (χ3v) is 4.03. The van der Waals surface area contributed by atoms with Crippen LogP contribution < -0.4 is 10.9 Å². The Hall–Kier alpha value is -0.950. The van der Waals surface area contributed by atoms with Gasteiger partial charge in [-0.1, -0.05) is 17.7 Å². The zero-order chi connectivity index (χ0) is 12.5. The van der Waals surface area contributed by atoms with Crippen molar-refractivity contribution in [3.8, 4) is 0 Å². The van der Waals surface area contributed by atoms with E-state index in [1.807, 2.05) is 13.8 Å². The average molecular weight is 256 g/mol. The highest BCUT2D eigenvalue weighted by atomic mass is 32.2. The Labute approximate surface area is 101 Å². The molecule has 1 saturated heterocycles. The summed E-state index contributed by atoms with van der Waals surface area (Å²) < 4.78 is 28.5. The summed E-state index contributed by atoms with van der Waals surface area (Å²) in [5.41, 5.74) is 6.68. The molecule has 1 aliphatic heterocycles. The number of rotatable bonds is 5. The van der Waals surface area contributed by atoms with Crippen molar-refractivity contribution in [2.24, 2.45) is 0 Å². The predicted molar refractivity (Wildman–Crippen MR) is 63.6 cm³/mol. The second-order valence-corrected chi connectivity index (χ2v) is 6.04. The van der Waals surface area contributed by atoms with Crippen LogP contribution in [0, 0.1) is 6.92 Å². The Bertz CT molecular complexity index is 492. The maximum atomic E-state index is 11.8. The molecule has 0 unspecified atom stereocenters. The molecule has 0 atom stereocenters. The first kappa shape index (κ1) is 12.5. The van der Waals surface area contributed by atoms with E-state index in [0.717, 1.165) is 5.56 Å². The lowest BCUT2D eigenvalue weighted by atomic mass is 10.2. The fourth-order valence-corrected chi connectivity index (χ4v) is 2.27. The van der Waals surface area contributed by atoms with Gasteiger partial charge in [0.1, 0.15) is 0 Å². The van der Waals surface area contributed by atoms with Crippen LogP contribution in [-0.4, -0.2) is 20.7 Å². The molecule has 0 radical (unpaired) electrons. The minimum atomic E-state index is -3.63. The van der Waals surface area contributed by atoms with Gasteiger partial charge in [-0.2, -0.15) is 8.42 Å².